The molecule has 1 aliphatic rings. The zero-order chi connectivity index (χ0) is 14.8. The van der Waals surface area contributed by atoms with Crippen LogP contribution in [0.4, 0.5) is 0 Å². The molecule has 2 rings (SSSR count). The SMILES string of the molecule is CCS(=O)(=O)N1CCC(Oc2cc(C)oc(=O)c2)CC1. The number of nitrogens with zero attached hydrogens (tertiary/aromatic N) is 1. The molecule has 20 heavy (non-hydrogen) atoms. The first kappa shape index (κ1) is 15.1. The summed E-state index contributed by atoms with van der Waals surface area (Å²) in [4.78, 5) is 11.2. The predicted molar refractivity (Wildman–Crippen MR) is 74.4 cm³/mol. The highest BCUT2D eigenvalue weighted by molar-refractivity contribution is 7.89. The summed E-state index contributed by atoms with van der Waals surface area (Å²) in [6, 6.07) is 2.97. The van der Waals surface area contributed by atoms with Crippen LogP contribution in [0, 0.1) is 6.92 Å². The Morgan fingerprint density at radius 1 is 1.35 bits per heavy atom. The molecular formula is C13H19NO5S. The van der Waals surface area contributed by atoms with E-state index in [1.165, 1.54) is 10.4 Å². The lowest BCUT2D eigenvalue weighted by Crippen LogP contribution is -2.42. The topological polar surface area (TPSA) is 76.8 Å². The lowest BCUT2D eigenvalue weighted by Gasteiger charge is -2.31. The molecule has 6 nitrogen and oxygen atoms in total. The molecule has 0 aliphatic carbocycles. The van der Waals surface area contributed by atoms with Gasteiger partial charge in [-0.2, -0.15) is 0 Å². The highest BCUT2D eigenvalue weighted by Crippen LogP contribution is 2.20. The van der Waals surface area contributed by atoms with Gasteiger partial charge in [0.1, 0.15) is 17.6 Å². The first-order valence-corrected chi connectivity index (χ1v) is 8.28. The quantitative estimate of drug-likeness (QED) is 0.833. The van der Waals surface area contributed by atoms with E-state index < -0.39 is 15.6 Å². The van der Waals surface area contributed by atoms with E-state index in [-0.39, 0.29) is 11.9 Å². The average Bonchev–Trinajstić information content (AvgIpc) is 2.38. The van der Waals surface area contributed by atoms with Crippen LogP contribution in [0.25, 0.3) is 0 Å². The van der Waals surface area contributed by atoms with Crippen molar-refractivity contribution in [2.24, 2.45) is 0 Å². The van der Waals surface area contributed by atoms with Gasteiger partial charge in [-0.1, -0.05) is 0 Å². The second kappa shape index (κ2) is 5.97. The van der Waals surface area contributed by atoms with Gasteiger partial charge in [0.05, 0.1) is 11.8 Å². The molecule has 1 fully saturated rings. The maximum absolute atomic E-state index is 11.7. The Kier molecular flexibility index (Phi) is 4.49. The Hall–Kier alpha value is -1.34. The monoisotopic (exact) mass is 301 g/mol. The molecule has 7 heteroatoms. The summed E-state index contributed by atoms with van der Waals surface area (Å²) in [7, 11) is -3.12. The van der Waals surface area contributed by atoms with E-state index >= 15 is 0 Å². The fourth-order valence-electron chi connectivity index (χ4n) is 2.25. The molecule has 112 valence electrons. The standard InChI is InChI=1S/C13H19NO5S/c1-3-20(16,17)14-6-4-11(5-7-14)19-12-8-10(2)18-13(15)9-12/h8-9,11H,3-7H2,1-2H3. The van der Waals surface area contributed by atoms with E-state index in [1.54, 1.807) is 19.9 Å². The average molecular weight is 301 g/mol. The fourth-order valence-corrected chi connectivity index (χ4v) is 3.38. The molecule has 0 aromatic carbocycles. The zero-order valence-corrected chi connectivity index (χ0v) is 12.5. The van der Waals surface area contributed by atoms with Gasteiger partial charge in [-0.25, -0.2) is 17.5 Å². The first-order chi connectivity index (χ1) is 9.40. The van der Waals surface area contributed by atoms with Crippen molar-refractivity contribution in [3.05, 3.63) is 28.3 Å². The Labute approximate surface area is 118 Å². The van der Waals surface area contributed by atoms with E-state index in [2.05, 4.69) is 0 Å². The van der Waals surface area contributed by atoms with Crippen LogP contribution in [0.3, 0.4) is 0 Å². The fraction of sp³-hybridized carbons (Fsp3) is 0.615. The number of hydrogen-bond acceptors (Lipinski definition) is 5. The molecule has 0 N–H and O–H groups in total. The van der Waals surface area contributed by atoms with Gasteiger partial charge in [-0.3, -0.25) is 0 Å². The van der Waals surface area contributed by atoms with Crippen LogP contribution in [0.2, 0.25) is 0 Å². The van der Waals surface area contributed by atoms with Crippen molar-refractivity contribution in [1.29, 1.82) is 0 Å². The van der Waals surface area contributed by atoms with E-state index in [4.69, 9.17) is 9.15 Å². The normalized spacial score (nSPS) is 18.1. The minimum absolute atomic E-state index is 0.0699. The van der Waals surface area contributed by atoms with Crippen LogP contribution in [0.1, 0.15) is 25.5 Å². The maximum Gasteiger partial charge on any atom is 0.339 e. The van der Waals surface area contributed by atoms with E-state index in [0.717, 1.165) is 0 Å². The lowest BCUT2D eigenvalue weighted by molar-refractivity contribution is 0.134. The van der Waals surface area contributed by atoms with Gasteiger partial charge in [0.15, 0.2) is 0 Å². The van der Waals surface area contributed by atoms with Crippen LogP contribution in [0.15, 0.2) is 21.3 Å². The van der Waals surface area contributed by atoms with Gasteiger partial charge in [-0.05, 0) is 26.7 Å². The molecule has 1 aliphatic heterocycles. The largest absolute Gasteiger partial charge is 0.490 e. The van der Waals surface area contributed by atoms with Crippen molar-refractivity contribution in [3.63, 3.8) is 0 Å². The summed E-state index contributed by atoms with van der Waals surface area (Å²) in [5.74, 6) is 1.10. The third-order valence-electron chi connectivity index (χ3n) is 3.33. The molecule has 2 heterocycles. The molecular weight excluding hydrogens is 282 g/mol. The zero-order valence-electron chi connectivity index (χ0n) is 11.7. The second-order valence-corrected chi connectivity index (χ2v) is 7.10. The molecule has 1 aromatic rings. The van der Waals surface area contributed by atoms with Gasteiger partial charge in [0.2, 0.25) is 10.0 Å². The van der Waals surface area contributed by atoms with Crippen molar-refractivity contribution in [2.45, 2.75) is 32.8 Å². The van der Waals surface area contributed by atoms with E-state index in [9.17, 15) is 13.2 Å². The second-order valence-electron chi connectivity index (χ2n) is 4.84. The molecule has 0 unspecified atom stereocenters. The highest BCUT2D eigenvalue weighted by atomic mass is 32.2. The summed E-state index contributed by atoms with van der Waals surface area (Å²) >= 11 is 0. The molecule has 0 bridgehead atoms. The number of aryl methyl sites for hydroxylation is 1. The molecule has 0 amide bonds. The van der Waals surface area contributed by atoms with Crippen molar-refractivity contribution >= 4 is 10.0 Å². The lowest BCUT2D eigenvalue weighted by atomic mass is 10.1. The minimum atomic E-state index is -3.12. The van der Waals surface area contributed by atoms with Crippen molar-refractivity contribution < 1.29 is 17.6 Å². The van der Waals surface area contributed by atoms with Crippen molar-refractivity contribution in [3.8, 4) is 5.75 Å². The summed E-state index contributed by atoms with van der Waals surface area (Å²) in [5.41, 5.74) is -0.439. The Morgan fingerprint density at radius 2 is 2.00 bits per heavy atom. The summed E-state index contributed by atoms with van der Waals surface area (Å²) in [5, 5.41) is 0. The van der Waals surface area contributed by atoms with Crippen LogP contribution in [-0.2, 0) is 10.0 Å². The number of piperidine rings is 1. The van der Waals surface area contributed by atoms with Crippen LogP contribution in [0.5, 0.6) is 5.75 Å². The minimum Gasteiger partial charge on any atom is -0.490 e. The number of ether oxygens (including phenoxy) is 1. The third-order valence-corrected chi connectivity index (χ3v) is 5.21. The number of sulfonamides is 1. The molecule has 1 aromatic heterocycles. The van der Waals surface area contributed by atoms with Gasteiger partial charge >= 0.3 is 5.63 Å². The van der Waals surface area contributed by atoms with Crippen LogP contribution >= 0.6 is 0 Å². The summed E-state index contributed by atoms with van der Waals surface area (Å²) in [6.07, 6.45) is 1.18. The maximum atomic E-state index is 11.7. The number of hydrogen-bond donors (Lipinski definition) is 0. The molecule has 0 atom stereocenters. The van der Waals surface area contributed by atoms with Gasteiger partial charge in [0, 0.05) is 19.2 Å². The molecule has 0 saturated carbocycles. The third kappa shape index (κ3) is 3.61. The van der Waals surface area contributed by atoms with Gasteiger partial charge < -0.3 is 9.15 Å². The van der Waals surface area contributed by atoms with Crippen molar-refractivity contribution in [1.82, 2.24) is 4.31 Å². The highest BCUT2D eigenvalue weighted by Gasteiger charge is 2.27. The van der Waals surface area contributed by atoms with Crippen LogP contribution < -0.4 is 10.4 Å². The Morgan fingerprint density at radius 3 is 2.55 bits per heavy atom. The first-order valence-electron chi connectivity index (χ1n) is 6.67. The van der Waals surface area contributed by atoms with Crippen LogP contribution in [-0.4, -0.2) is 37.7 Å². The Bertz CT molecular complexity index is 614. The Balaban J connectivity index is 1.96. The van der Waals surface area contributed by atoms with E-state index in [1.807, 2.05) is 0 Å². The van der Waals surface area contributed by atoms with Gasteiger partial charge in [-0.15, -0.1) is 0 Å². The molecule has 0 radical (unpaired) electrons. The van der Waals surface area contributed by atoms with Crippen molar-refractivity contribution in [2.75, 3.05) is 18.8 Å². The molecule has 1 saturated heterocycles. The van der Waals surface area contributed by atoms with E-state index in [0.29, 0.717) is 37.4 Å². The predicted octanol–water partition coefficient (Wildman–Crippen LogP) is 1.14. The smallest absolute Gasteiger partial charge is 0.339 e. The summed E-state index contributed by atoms with van der Waals surface area (Å²) in [6.45, 7) is 4.25. The number of rotatable bonds is 4. The summed E-state index contributed by atoms with van der Waals surface area (Å²) < 4.78 is 35.6. The molecule has 0 spiro atoms. The van der Waals surface area contributed by atoms with Gasteiger partial charge in [0.25, 0.3) is 0 Å².